The fourth-order valence-corrected chi connectivity index (χ4v) is 1.61. The zero-order valence-corrected chi connectivity index (χ0v) is 8.34. The SMILES string of the molecule is C[C@H](C(=O)O)c1cccc2cccnc12. The van der Waals surface area contributed by atoms with Gasteiger partial charge in [-0.1, -0.05) is 24.3 Å². The number of benzene rings is 1. The van der Waals surface area contributed by atoms with Crippen LogP contribution in [0, 0.1) is 0 Å². The van der Waals surface area contributed by atoms with Crippen molar-refractivity contribution in [1.29, 1.82) is 0 Å². The van der Waals surface area contributed by atoms with E-state index in [1.165, 1.54) is 0 Å². The van der Waals surface area contributed by atoms with Gasteiger partial charge in [-0.2, -0.15) is 0 Å². The van der Waals surface area contributed by atoms with Crippen molar-refractivity contribution < 1.29 is 9.90 Å². The lowest BCUT2D eigenvalue weighted by Crippen LogP contribution is -2.08. The van der Waals surface area contributed by atoms with Crippen molar-refractivity contribution in [2.24, 2.45) is 0 Å². The first-order chi connectivity index (χ1) is 7.20. The number of para-hydroxylation sites is 1. The van der Waals surface area contributed by atoms with Crippen LogP contribution in [0.4, 0.5) is 0 Å². The third-order valence-electron chi connectivity index (χ3n) is 2.50. The summed E-state index contributed by atoms with van der Waals surface area (Å²) in [6, 6.07) is 9.38. The Bertz CT molecular complexity index is 502. The van der Waals surface area contributed by atoms with E-state index in [-0.39, 0.29) is 0 Å². The number of nitrogens with zero attached hydrogens (tertiary/aromatic N) is 1. The molecule has 0 amide bonds. The van der Waals surface area contributed by atoms with Gasteiger partial charge in [0.2, 0.25) is 0 Å². The summed E-state index contributed by atoms with van der Waals surface area (Å²) in [4.78, 5) is 15.1. The quantitative estimate of drug-likeness (QED) is 0.811. The third-order valence-corrected chi connectivity index (χ3v) is 2.50. The summed E-state index contributed by atoms with van der Waals surface area (Å²) < 4.78 is 0. The van der Waals surface area contributed by atoms with E-state index in [0.717, 1.165) is 16.5 Å². The second kappa shape index (κ2) is 3.69. The smallest absolute Gasteiger partial charge is 0.310 e. The molecule has 3 nitrogen and oxygen atoms in total. The predicted molar refractivity (Wildman–Crippen MR) is 57.8 cm³/mol. The van der Waals surface area contributed by atoms with Gasteiger partial charge in [0.05, 0.1) is 11.4 Å². The molecule has 0 aliphatic rings. The van der Waals surface area contributed by atoms with Crippen LogP contribution in [-0.2, 0) is 4.79 Å². The lowest BCUT2D eigenvalue weighted by atomic mass is 9.98. The maximum atomic E-state index is 10.9. The van der Waals surface area contributed by atoms with Crippen molar-refractivity contribution in [3.05, 3.63) is 42.1 Å². The van der Waals surface area contributed by atoms with Gasteiger partial charge < -0.3 is 5.11 Å². The average Bonchev–Trinajstić information content (AvgIpc) is 2.27. The summed E-state index contributed by atoms with van der Waals surface area (Å²) in [6.45, 7) is 1.67. The molecule has 1 aromatic heterocycles. The van der Waals surface area contributed by atoms with Gasteiger partial charge in [0.15, 0.2) is 0 Å². The molecule has 0 saturated heterocycles. The Morgan fingerprint density at radius 1 is 1.33 bits per heavy atom. The molecule has 2 aromatic rings. The number of rotatable bonds is 2. The minimum Gasteiger partial charge on any atom is -0.481 e. The molecule has 0 fully saturated rings. The highest BCUT2D eigenvalue weighted by atomic mass is 16.4. The zero-order chi connectivity index (χ0) is 10.8. The number of aromatic nitrogens is 1. The largest absolute Gasteiger partial charge is 0.481 e. The van der Waals surface area contributed by atoms with Crippen LogP contribution in [0.15, 0.2) is 36.5 Å². The second-order valence-electron chi connectivity index (χ2n) is 3.48. The van der Waals surface area contributed by atoms with E-state index >= 15 is 0 Å². The van der Waals surface area contributed by atoms with E-state index in [1.807, 2.05) is 30.3 Å². The molecular weight excluding hydrogens is 190 g/mol. The number of hydrogen-bond acceptors (Lipinski definition) is 2. The van der Waals surface area contributed by atoms with Crippen LogP contribution in [-0.4, -0.2) is 16.1 Å². The van der Waals surface area contributed by atoms with Gasteiger partial charge in [-0.3, -0.25) is 9.78 Å². The van der Waals surface area contributed by atoms with Gasteiger partial charge >= 0.3 is 5.97 Å². The van der Waals surface area contributed by atoms with Crippen molar-refractivity contribution in [2.45, 2.75) is 12.8 Å². The molecule has 2 rings (SSSR count). The minimum absolute atomic E-state index is 0.524. The third kappa shape index (κ3) is 1.68. The molecule has 0 bridgehead atoms. The Kier molecular flexibility index (Phi) is 2.37. The summed E-state index contributed by atoms with van der Waals surface area (Å²) in [5.41, 5.74) is 1.54. The highest BCUT2D eigenvalue weighted by Crippen LogP contribution is 2.23. The zero-order valence-electron chi connectivity index (χ0n) is 8.34. The summed E-state index contributed by atoms with van der Waals surface area (Å²) in [6.07, 6.45) is 1.68. The Labute approximate surface area is 87.4 Å². The van der Waals surface area contributed by atoms with Gasteiger partial charge in [-0.15, -0.1) is 0 Å². The van der Waals surface area contributed by atoms with Crippen LogP contribution < -0.4 is 0 Å². The summed E-state index contributed by atoms with van der Waals surface area (Å²) in [5.74, 6) is -1.35. The van der Waals surface area contributed by atoms with Crippen LogP contribution >= 0.6 is 0 Å². The maximum Gasteiger partial charge on any atom is 0.310 e. The van der Waals surface area contributed by atoms with Crippen LogP contribution in [0.5, 0.6) is 0 Å². The molecule has 0 aliphatic heterocycles. The molecule has 76 valence electrons. The number of pyridine rings is 1. The molecule has 1 atom stereocenters. The fourth-order valence-electron chi connectivity index (χ4n) is 1.61. The molecule has 1 heterocycles. The Morgan fingerprint density at radius 3 is 2.80 bits per heavy atom. The van der Waals surface area contributed by atoms with Gasteiger partial charge in [-0.05, 0) is 18.6 Å². The molecule has 0 aliphatic carbocycles. The van der Waals surface area contributed by atoms with E-state index in [9.17, 15) is 4.79 Å². The highest BCUT2D eigenvalue weighted by Gasteiger charge is 2.16. The maximum absolute atomic E-state index is 10.9. The molecule has 0 radical (unpaired) electrons. The number of fused-ring (bicyclic) bond motifs is 1. The molecule has 1 aromatic carbocycles. The van der Waals surface area contributed by atoms with E-state index in [1.54, 1.807) is 13.1 Å². The van der Waals surface area contributed by atoms with Crippen LogP contribution in [0.25, 0.3) is 10.9 Å². The van der Waals surface area contributed by atoms with Crippen molar-refractivity contribution in [3.8, 4) is 0 Å². The molecule has 1 N–H and O–H groups in total. The normalized spacial score (nSPS) is 12.6. The molecule has 15 heavy (non-hydrogen) atoms. The lowest BCUT2D eigenvalue weighted by Gasteiger charge is -2.08. The first kappa shape index (κ1) is 9.65. The van der Waals surface area contributed by atoms with Gasteiger partial charge in [0.25, 0.3) is 0 Å². The first-order valence-corrected chi connectivity index (χ1v) is 4.76. The predicted octanol–water partition coefficient (Wildman–Crippen LogP) is 2.42. The van der Waals surface area contributed by atoms with Gasteiger partial charge in [0.1, 0.15) is 0 Å². The van der Waals surface area contributed by atoms with Gasteiger partial charge in [0, 0.05) is 11.6 Å². The molecule has 0 saturated carbocycles. The minimum atomic E-state index is -0.826. The Morgan fingerprint density at radius 2 is 2.07 bits per heavy atom. The number of carboxylic acid groups (broad SMARTS) is 1. The van der Waals surface area contributed by atoms with Gasteiger partial charge in [-0.25, -0.2) is 0 Å². The van der Waals surface area contributed by atoms with Crippen molar-refractivity contribution in [1.82, 2.24) is 4.98 Å². The average molecular weight is 201 g/mol. The summed E-state index contributed by atoms with van der Waals surface area (Å²) in [7, 11) is 0. The number of carbonyl (C=O) groups is 1. The van der Waals surface area contributed by atoms with E-state index < -0.39 is 11.9 Å². The molecule has 3 heteroatoms. The van der Waals surface area contributed by atoms with Crippen LogP contribution in [0.2, 0.25) is 0 Å². The molecule has 0 spiro atoms. The fraction of sp³-hybridized carbons (Fsp3) is 0.167. The summed E-state index contributed by atoms with van der Waals surface area (Å²) >= 11 is 0. The van der Waals surface area contributed by atoms with Crippen molar-refractivity contribution in [3.63, 3.8) is 0 Å². The second-order valence-corrected chi connectivity index (χ2v) is 3.48. The lowest BCUT2D eigenvalue weighted by molar-refractivity contribution is -0.138. The standard InChI is InChI=1S/C12H11NO2/c1-8(12(14)15)10-6-2-4-9-5-3-7-13-11(9)10/h2-8H,1H3,(H,14,15)/t8-/m0/s1. The van der Waals surface area contributed by atoms with E-state index in [4.69, 9.17) is 5.11 Å². The Hall–Kier alpha value is -1.90. The van der Waals surface area contributed by atoms with E-state index in [0.29, 0.717) is 0 Å². The monoisotopic (exact) mass is 201 g/mol. The van der Waals surface area contributed by atoms with Crippen LogP contribution in [0.3, 0.4) is 0 Å². The topological polar surface area (TPSA) is 50.2 Å². The van der Waals surface area contributed by atoms with E-state index in [2.05, 4.69) is 4.98 Å². The number of hydrogen-bond donors (Lipinski definition) is 1. The highest BCUT2D eigenvalue weighted by molar-refractivity contribution is 5.87. The number of carboxylic acids is 1. The molecular formula is C12H11NO2. The van der Waals surface area contributed by atoms with Crippen molar-refractivity contribution in [2.75, 3.05) is 0 Å². The Balaban J connectivity index is 2.65. The van der Waals surface area contributed by atoms with Crippen LogP contribution in [0.1, 0.15) is 18.4 Å². The summed E-state index contributed by atoms with van der Waals surface area (Å²) in [5, 5.41) is 9.94. The number of aliphatic carboxylic acids is 1. The van der Waals surface area contributed by atoms with Crippen molar-refractivity contribution >= 4 is 16.9 Å². The first-order valence-electron chi connectivity index (χ1n) is 4.76. The molecule has 0 unspecified atom stereocenters.